The number of hydrogen-bond donors (Lipinski definition) is 1. The van der Waals surface area contributed by atoms with E-state index >= 15 is 0 Å². The number of carbonyl (C=O) groups excluding carboxylic acids is 2. The maximum Gasteiger partial charge on any atom is 0.237 e. The molecule has 2 amide bonds. The van der Waals surface area contributed by atoms with E-state index in [9.17, 15) is 9.59 Å². The van der Waals surface area contributed by atoms with Crippen molar-refractivity contribution in [2.75, 3.05) is 19.0 Å². The Balaban J connectivity index is 1.63. The molecule has 7 heteroatoms. The fourth-order valence-corrected chi connectivity index (χ4v) is 2.57. The lowest BCUT2D eigenvalue weighted by molar-refractivity contribution is -0.128. The number of anilines is 1. The van der Waals surface area contributed by atoms with E-state index in [1.54, 1.807) is 41.6 Å². The molecule has 7 nitrogen and oxygen atoms in total. The van der Waals surface area contributed by atoms with Gasteiger partial charge in [-0.1, -0.05) is 0 Å². The molecule has 0 unspecified atom stereocenters. The van der Waals surface area contributed by atoms with Gasteiger partial charge in [0, 0.05) is 19.2 Å². The van der Waals surface area contributed by atoms with E-state index in [4.69, 9.17) is 9.15 Å². The highest BCUT2D eigenvalue weighted by molar-refractivity contribution is 5.97. The summed E-state index contributed by atoms with van der Waals surface area (Å²) in [7, 11) is 1.49. The van der Waals surface area contributed by atoms with E-state index < -0.39 is 5.92 Å². The van der Waals surface area contributed by atoms with Gasteiger partial charge < -0.3 is 19.4 Å². The van der Waals surface area contributed by atoms with E-state index in [-0.39, 0.29) is 18.2 Å². The van der Waals surface area contributed by atoms with Gasteiger partial charge in [0.1, 0.15) is 11.4 Å². The van der Waals surface area contributed by atoms with E-state index in [1.807, 2.05) is 0 Å². The van der Waals surface area contributed by atoms with E-state index in [0.29, 0.717) is 30.4 Å². The molecule has 2 aromatic rings. The predicted molar refractivity (Wildman–Crippen MR) is 81.7 cm³/mol. The molecule has 23 heavy (non-hydrogen) atoms. The van der Waals surface area contributed by atoms with Crippen molar-refractivity contribution in [1.29, 1.82) is 0 Å². The molecule has 1 aliphatic rings. The van der Waals surface area contributed by atoms with Gasteiger partial charge in [0.2, 0.25) is 17.7 Å². The summed E-state index contributed by atoms with van der Waals surface area (Å²) in [6, 6.07) is 7.00. The van der Waals surface area contributed by atoms with Crippen molar-refractivity contribution in [2.45, 2.75) is 13.0 Å². The second kappa shape index (κ2) is 6.51. The highest BCUT2D eigenvalue weighted by Gasteiger charge is 2.34. The summed E-state index contributed by atoms with van der Waals surface area (Å²) in [6.07, 6.45) is 3.34. The Morgan fingerprint density at radius 3 is 3.09 bits per heavy atom. The number of rotatable bonds is 5. The average Bonchev–Trinajstić information content (AvgIpc) is 3.19. The van der Waals surface area contributed by atoms with Crippen LogP contribution in [0.1, 0.15) is 12.2 Å². The summed E-state index contributed by atoms with van der Waals surface area (Å²) >= 11 is 0. The minimum atomic E-state index is -0.401. The fourth-order valence-electron chi connectivity index (χ4n) is 2.57. The monoisotopic (exact) mass is 315 g/mol. The number of carbonyl (C=O) groups is 2. The molecule has 1 saturated heterocycles. The van der Waals surface area contributed by atoms with Crippen molar-refractivity contribution in [1.82, 2.24) is 9.88 Å². The Labute approximate surface area is 133 Å². The maximum absolute atomic E-state index is 12.4. The zero-order chi connectivity index (χ0) is 16.2. The van der Waals surface area contributed by atoms with Crippen LogP contribution in [0.5, 0.6) is 5.88 Å². The number of ether oxygens (including phenoxy) is 1. The number of pyridine rings is 1. The molecule has 120 valence electrons. The van der Waals surface area contributed by atoms with Crippen molar-refractivity contribution < 1.29 is 18.7 Å². The highest BCUT2D eigenvalue weighted by atomic mass is 16.5. The van der Waals surface area contributed by atoms with E-state index in [0.717, 1.165) is 0 Å². The van der Waals surface area contributed by atoms with Crippen LogP contribution >= 0.6 is 0 Å². The van der Waals surface area contributed by atoms with Gasteiger partial charge >= 0.3 is 0 Å². The molecular weight excluding hydrogens is 298 g/mol. The lowest BCUT2D eigenvalue weighted by Crippen LogP contribution is -2.28. The number of likely N-dealkylation sites (tertiary alicyclic amines) is 1. The Morgan fingerprint density at radius 2 is 2.35 bits per heavy atom. The van der Waals surface area contributed by atoms with Gasteiger partial charge in [-0.2, -0.15) is 0 Å². The van der Waals surface area contributed by atoms with Crippen LogP contribution in [0.3, 0.4) is 0 Å². The topological polar surface area (TPSA) is 84.7 Å². The molecule has 1 atom stereocenters. The zero-order valence-corrected chi connectivity index (χ0v) is 12.7. The summed E-state index contributed by atoms with van der Waals surface area (Å²) < 4.78 is 10.4. The second-order valence-corrected chi connectivity index (χ2v) is 5.30. The van der Waals surface area contributed by atoms with Crippen molar-refractivity contribution in [2.24, 2.45) is 5.92 Å². The van der Waals surface area contributed by atoms with Gasteiger partial charge in [-0.15, -0.1) is 0 Å². The minimum absolute atomic E-state index is 0.0558. The van der Waals surface area contributed by atoms with Gasteiger partial charge in [0.25, 0.3) is 0 Å². The van der Waals surface area contributed by atoms with Crippen LogP contribution in [0.2, 0.25) is 0 Å². The summed E-state index contributed by atoms with van der Waals surface area (Å²) in [5.41, 5.74) is 0.497. The van der Waals surface area contributed by atoms with Crippen molar-refractivity contribution in [3.05, 3.63) is 42.5 Å². The number of methoxy groups -OCH3 is 1. The first kappa shape index (κ1) is 15.1. The SMILES string of the molecule is COc1ncccc1NC(=O)[C@H]1CC(=O)N(Cc2ccco2)C1. The van der Waals surface area contributed by atoms with Gasteiger partial charge in [-0.05, 0) is 24.3 Å². The Hall–Kier alpha value is -2.83. The lowest BCUT2D eigenvalue weighted by atomic mass is 10.1. The average molecular weight is 315 g/mol. The third-order valence-corrected chi connectivity index (χ3v) is 3.73. The Kier molecular flexibility index (Phi) is 4.27. The smallest absolute Gasteiger partial charge is 0.237 e. The third kappa shape index (κ3) is 3.33. The van der Waals surface area contributed by atoms with Gasteiger partial charge in [0.15, 0.2) is 0 Å². The lowest BCUT2D eigenvalue weighted by Gasteiger charge is -2.15. The first-order valence-corrected chi connectivity index (χ1v) is 7.27. The molecule has 1 N–H and O–H groups in total. The molecule has 2 aromatic heterocycles. The van der Waals surface area contributed by atoms with E-state index in [1.165, 1.54) is 7.11 Å². The standard InChI is InChI=1S/C16H17N3O4/c1-22-16-13(5-2-6-17-16)18-15(21)11-8-14(20)19(9-11)10-12-4-3-7-23-12/h2-7,11H,8-10H2,1H3,(H,18,21)/t11-/m0/s1. The molecule has 0 bridgehead atoms. The van der Waals surface area contributed by atoms with Crippen LogP contribution in [-0.4, -0.2) is 35.4 Å². The van der Waals surface area contributed by atoms with Crippen LogP contribution in [-0.2, 0) is 16.1 Å². The van der Waals surface area contributed by atoms with E-state index in [2.05, 4.69) is 10.3 Å². The fraction of sp³-hybridized carbons (Fsp3) is 0.312. The largest absolute Gasteiger partial charge is 0.480 e. The normalized spacial score (nSPS) is 17.3. The van der Waals surface area contributed by atoms with Crippen molar-refractivity contribution in [3.8, 4) is 5.88 Å². The van der Waals surface area contributed by atoms with Crippen molar-refractivity contribution in [3.63, 3.8) is 0 Å². The number of nitrogens with zero attached hydrogens (tertiary/aromatic N) is 2. The Morgan fingerprint density at radius 1 is 1.48 bits per heavy atom. The molecular formula is C16H17N3O4. The first-order chi connectivity index (χ1) is 11.2. The minimum Gasteiger partial charge on any atom is -0.480 e. The second-order valence-electron chi connectivity index (χ2n) is 5.30. The van der Waals surface area contributed by atoms with Crippen LogP contribution < -0.4 is 10.1 Å². The number of furan rings is 1. The van der Waals surface area contributed by atoms with Crippen LogP contribution in [0, 0.1) is 5.92 Å². The quantitative estimate of drug-likeness (QED) is 0.907. The predicted octanol–water partition coefficient (Wildman–Crippen LogP) is 1.67. The molecule has 0 aromatic carbocycles. The molecule has 0 radical (unpaired) electrons. The summed E-state index contributed by atoms with van der Waals surface area (Å²) in [6.45, 7) is 0.750. The van der Waals surface area contributed by atoms with Crippen LogP contribution in [0.25, 0.3) is 0 Å². The molecule has 1 aliphatic heterocycles. The van der Waals surface area contributed by atoms with Gasteiger partial charge in [-0.25, -0.2) is 4.98 Å². The van der Waals surface area contributed by atoms with Gasteiger partial charge in [0.05, 0.1) is 25.8 Å². The number of nitrogens with one attached hydrogen (secondary N) is 1. The molecule has 0 saturated carbocycles. The van der Waals surface area contributed by atoms with Crippen molar-refractivity contribution >= 4 is 17.5 Å². The maximum atomic E-state index is 12.4. The number of hydrogen-bond acceptors (Lipinski definition) is 5. The molecule has 1 fully saturated rings. The zero-order valence-electron chi connectivity index (χ0n) is 12.7. The highest BCUT2D eigenvalue weighted by Crippen LogP contribution is 2.25. The number of aromatic nitrogens is 1. The third-order valence-electron chi connectivity index (χ3n) is 3.73. The first-order valence-electron chi connectivity index (χ1n) is 7.27. The summed E-state index contributed by atoms with van der Waals surface area (Å²) in [4.78, 5) is 30.1. The van der Waals surface area contributed by atoms with Gasteiger partial charge in [-0.3, -0.25) is 9.59 Å². The number of amides is 2. The molecule has 0 spiro atoms. The molecule has 0 aliphatic carbocycles. The molecule has 3 rings (SSSR count). The Bertz CT molecular complexity index is 699. The summed E-state index contributed by atoms with van der Waals surface area (Å²) in [5.74, 6) is 0.375. The van der Waals surface area contributed by atoms with Crippen LogP contribution in [0.4, 0.5) is 5.69 Å². The molecule has 3 heterocycles. The van der Waals surface area contributed by atoms with Crippen LogP contribution in [0.15, 0.2) is 41.1 Å². The summed E-state index contributed by atoms with van der Waals surface area (Å²) in [5, 5.41) is 2.77.